The van der Waals surface area contributed by atoms with Crippen molar-refractivity contribution in [2.45, 2.75) is 19.0 Å². The summed E-state index contributed by atoms with van der Waals surface area (Å²) in [7, 11) is 0. The molecule has 2 atom stereocenters. The van der Waals surface area contributed by atoms with Crippen LogP contribution in [0.3, 0.4) is 0 Å². The number of aromatic nitrogens is 3. The molecule has 0 saturated carbocycles. The lowest BCUT2D eigenvalue weighted by molar-refractivity contribution is -0.123. The van der Waals surface area contributed by atoms with Gasteiger partial charge < -0.3 is 11.1 Å². The zero-order valence-corrected chi connectivity index (χ0v) is 10.00. The van der Waals surface area contributed by atoms with Crippen molar-refractivity contribution >= 4 is 5.91 Å². The van der Waals surface area contributed by atoms with Crippen molar-refractivity contribution in [3.05, 3.63) is 48.0 Å². The maximum atomic E-state index is 12.0. The molecule has 6 nitrogen and oxygen atoms in total. The van der Waals surface area contributed by atoms with Gasteiger partial charge in [-0.25, -0.2) is 4.98 Å². The summed E-state index contributed by atoms with van der Waals surface area (Å²) in [4.78, 5) is 15.9. The van der Waals surface area contributed by atoms with Crippen LogP contribution in [-0.4, -0.2) is 21.1 Å². The molecule has 4 N–H and O–H groups in total. The third kappa shape index (κ3) is 2.72. The van der Waals surface area contributed by atoms with E-state index in [2.05, 4.69) is 20.5 Å². The Hall–Kier alpha value is -2.21. The van der Waals surface area contributed by atoms with E-state index in [1.54, 1.807) is 0 Å². The van der Waals surface area contributed by atoms with E-state index in [-0.39, 0.29) is 11.9 Å². The SMILES string of the molecule is CC(NC(=O)C(N)c1ccccc1)c1ncn[nH]1. The summed E-state index contributed by atoms with van der Waals surface area (Å²) in [6.07, 6.45) is 1.40. The molecule has 1 heterocycles. The van der Waals surface area contributed by atoms with Gasteiger partial charge in [0.1, 0.15) is 18.2 Å². The van der Waals surface area contributed by atoms with Crippen LogP contribution in [0.2, 0.25) is 0 Å². The highest BCUT2D eigenvalue weighted by Gasteiger charge is 2.19. The maximum Gasteiger partial charge on any atom is 0.242 e. The average Bonchev–Trinajstić information content (AvgIpc) is 2.92. The van der Waals surface area contributed by atoms with Gasteiger partial charge in [-0.05, 0) is 12.5 Å². The van der Waals surface area contributed by atoms with Crippen LogP contribution in [0.15, 0.2) is 36.7 Å². The maximum absolute atomic E-state index is 12.0. The van der Waals surface area contributed by atoms with Crippen molar-refractivity contribution < 1.29 is 4.79 Å². The van der Waals surface area contributed by atoms with Gasteiger partial charge in [-0.15, -0.1) is 0 Å². The van der Waals surface area contributed by atoms with Crippen LogP contribution in [0.1, 0.15) is 30.4 Å². The van der Waals surface area contributed by atoms with Crippen LogP contribution >= 0.6 is 0 Å². The highest BCUT2D eigenvalue weighted by Crippen LogP contribution is 2.12. The Morgan fingerprint density at radius 1 is 1.39 bits per heavy atom. The molecular formula is C12H15N5O. The van der Waals surface area contributed by atoms with Crippen molar-refractivity contribution in [1.29, 1.82) is 0 Å². The smallest absolute Gasteiger partial charge is 0.242 e. The molecular weight excluding hydrogens is 230 g/mol. The fraction of sp³-hybridized carbons (Fsp3) is 0.250. The van der Waals surface area contributed by atoms with E-state index in [4.69, 9.17) is 5.73 Å². The summed E-state index contributed by atoms with van der Waals surface area (Å²) in [5.41, 5.74) is 6.66. The highest BCUT2D eigenvalue weighted by atomic mass is 16.2. The molecule has 18 heavy (non-hydrogen) atoms. The standard InChI is InChI=1S/C12H15N5O/c1-8(11-14-7-15-17-11)16-12(18)10(13)9-5-3-2-4-6-9/h2-8,10H,13H2,1H3,(H,16,18)(H,14,15,17). The third-order valence-electron chi connectivity index (χ3n) is 2.64. The Balaban J connectivity index is 2.00. The monoisotopic (exact) mass is 245 g/mol. The zero-order valence-electron chi connectivity index (χ0n) is 10.00. The fourth-order valence-electron chi connectivity index (χ4n) is 1.61. The predicted octanol–water partition coefficient (Wildman–Crippen LogP) is 0.682. The molecule has 1 aromatic heterocycles. The first-order valence-corrected chi connectivity index (χ1v) is 5.64. The van der Waals surface area contributed by atoms with E-state index in [1.165, 1.54) is 6.33 Å². The normalized spacial score (nSPS) is 13.9. The van der Waals surface area contributed by atoms with Crippen LogP contribution in [0.25, 0.3) is 0 Å². The van der Waals surface area contributed by atoms with Gasteiger partial charge in [0.15, 0.2) is 0 Å². The third-order valence-corrected chi connectivity index (χ3v) is 2.64. The van der Waals surface area contributed by atoms with Crippen molar-refractivity contribution in [1.82, 2.24) is 20.5 Å². The number of nitrogens with zero attached hydrogens (tertiary/aromatic N) is 2. The summed E-state index contributed by atoms with van der Waals surface area (Å²) in [6.45, 7) is 1.82. The topological polar surface area (TPSA) is 96.7 Å². The van der Waals surface area contributed by atoms with Gasteiger partial charge >= 0.3 is 0 Å². The molecule has 0 fully saturated rings. The summed E-state index contributed by atoms with van der Waals surface area (Å²) >= 11 is 0. The number of aromatic amines is 1. The molecule has 2 aromatic rings. The summed E-state index contributed by atoms with van der Waals surface area (Å²) in [5.74, 6) is 0.355. The molecule has 1 amide bonds. The fourth-order valence-corrected chi connectivity index (χ4v) is 1.61. The molecule has 0 aliphatic carbocycles. The van der Waals surface area contributed by atoms with Crippen LogP contribution in [0.4, 0.5) is 0 Å². The lowest BCUT2D eigenvalue weighted by atomic mass is 10.1. The minimum absolute atomic E-state index is 0.245. The number of hydrogen-bond donors (Lipinski definition) is 3. The van der Waals surface area contributed by atoms with Crippen LogP contribution < -0.4 is 11.1 Å². The first-order valence-electron chi connectivity index (χ1n) is 5.64. The highest BCUT2D eigenvalue weighted by molar-refractivity contribution is 5.83. The van der Waals surface area contributed by atoms with Crippen molar-refractivity contribution in [3.8, 4) is 0 Å². The Kier molecular flexibility index (Phi) is 3.69. The largest absolute Gasteiger partial charge is 0.345 e. The van der Waals surface area contributed by atoms with Gasteiger partial charge in [0.05, 0.1) is 6.04 Å². The van der Waals surface area contributed by atoms with Crippen LogP contribution in [0.5, 0.6) is 0 Å². The number of amides is 1. The van der Waals surface area contributed by atoms with Crippen LogP contribution in [0, 0.1) is 0 Å². The van der Waals surface area contributed by atoms with E-state index in [9.17, 15) is 4.79 Å². The predicted molar refractivity (Wildman–Crippen MR) is 66.3 cm³/mol. The second kappa shape index (κ2) is 5.42. The Morgan fingerprint density at radius 2 is 2.11 bits per heavy atom. The average molecular weight is 245 g/mol. The second-order valence-electron chi connectivity index (χ2n) is 3.99. The minimum Gasteiger partial charge on any atom is -0.345 e. The number of carbonyl (C=O) groups is 1. The Labute approximate surface area is 105 Å². The molecule has 0 bridgehead atoms. The zero-order chi connectivity index (χ0) is 13.0. The summed E-state index contributed by atoms with van der Waals surface area (Å²) < 4.78 is 0. The molecule has 0 aliphatic rings. The lowest BCUT2D eigenvalue weighted by Crippen LogP contribution is -2.36. The quantitative estimate of drug-likeness (QED) is 0.738. The van der Waals surface area contributed by atoms with E-state index >= 15 is 0 Å². The van der Waals surface area contributed by atoms with E-state index in [0.29, 0.717) is 5.82 Å². The number of H-pyrrole nitrogens is 1. The molecule has 0 spiro atoms. The van der Waals surface area contributed by atoms with E-state index in [1.807, 2.05) is 37.3 Å². The number of carbonyl (C=O) groups excluding carboxylic acids is 1. The molecule has 6 heteroatoms. The molecule has 1 aromatic carbocycles. The molecule has 94 valence electrons. The van der Waals surface area contributed by atoms with E-state index in [0.717, 1.165) is 5.56 Å². The number of hydrogen-bond acceptors (Lipinski definition) is 4. The first kappa shape index (κ1) is 12.3. The second-order valence-corrected chi connectivity index (χ2v) is 3.99. The van der Waals surface area contributed by atoms with Crippen LogP contribution in [-0.2, 0) is 4.79 Å². The molecule has 2 unspecified atom stereocenters. The molecule has 0 radical (unpaired) electrons. The minimum atomic E-state index is -0.684. The number of nitrogens with one attached hydrogen (secondary N) is 2. The van der Waals surface area contributed by atoms with Gasteiger partial charge in [-0.3, -0.25) is 9.89 Å². The van der Waals surface area contributed by atoms with Gasteiger partial charge in [0.25, 0.3) is 0 Å². The Morgan fingerprint density at radius 3 is 2.72 bits per heavy atom. The Bertz CT molecular complexity index is 496. The lowest BCUT2D eigenvalue weighted by Gasteiger charge is -2.16. The molecule has 0 aliphatic heterocycles. The van der Waals surface area contributed by atoms with Gasteiger partial charge in [-0.1, -0.05) is 30.3 Å². The summed E-state index contributed by atoms with van der Waals surface area (Å²) in [6, 6.07) is 8.29. The summed E-state index contributed by atoms with van der Waals surface area (Å²) in [5, 5.41) is 9.22. The number of benzene rings is 1. The van der Waals surface area contributed by atoms with Crippen molar-refractivity contribution in [3.63, 3.8) is 0 Å². The first-order chi connectivity index (χ1) is 8.68. The van der Waals surface area contributed by atoms with Gasteiger partial charge in [0, 0.05) is 0 Å². The van der Waals surface area contributed by atoms with Gasteiger partial charge in [0.2, 0.25) is 5.91 Å². The molecule has 0 saturated heterocycles. The van der Waals surface area contributed by atoms with Crippen molar-refractivity contribution in [2.24, 2.45) is 5.73 Å². The number of rotatable bonds is 4. The van der Waals surface area contributed by atoms with Crippen molar-refractivity contribution in [2.75, 3.05) is 0 Å². The molecule has 2 rings (SSSR count). The number of nitrogens with two attached hydrogens (primary N) is 1. The van der Waals surface area contributed by atoms with E-state index < -0.39 is 6.04 Å². The van der Waals surface area contributed by atoms with Gasteiger partial charge in [-0.2, -0.15) is 5.10 Å².